The van der Waals surface area contributed by atoms with Gasteiger partial charge in [-0.25, -0.2) is 9.78 Å². The molecule has 5 nitrogen and oxygen atoms in total. The summed E-state index contributed by atoms with van der Waals surface area (Å²) in [4.78, 5) is 31.2. The Hall–Kier alpha value is -2.51. The van der Waals surface area contributed by atoms with Crippen LogP contribution in [-0.2, 0) is 17.8 Å². The van der Waals surface area contributed by atoms with Gasteiger partial charge in [-0.2, -0.15) is 11.3 Å². The van der Waals surface area contributed by atoms with Crippen molar-refractivity contribution >= 4 is 34.6 Å². The lowest BCUT2D eigenvalue weighted by Gasteiger charge is -2.21. The summed E-state index contributed by atoms with van der Waals surface area (Å²) in [7, 11) is 0. The van der Waals surface area contributed by atoms with Gasteiger partial charge in [0.05, 0.1) is 12.2 Å². The normalized spacial score (nSPS) is 19.5. The third kappa shape index (κ3) is 3.65. The van der Waals surface area contributed by atoms with Gasteiger partial charge in [-0.3, -0.25) is 9.69 Å². The van der Waals surface area contributed by atoms with Gasteiger partial charge in [0.25, 0.3) is 5.91 Å². The highest BCUT2D eigenvalue weighted by molar-refractivity contribution is 7.14. The summed E-state index contributed by atoms with van der Waals surface area (Å²) < 4.78 is 0. The Morgan fingerprint density at radius 2 is 1.96 bits per heavy atom. The van der Waals surface area contributed by atoms with E-state index < -0.39 is 5.54 Å². The molecule has 0 saturated carbocycles. The van der Waals surface area contributed by atoms with Crippen molar-refractivity contribution in [3.8, 4) is 10.6 Å². The smallest absolute Gasteiger partial charge is 0.323 e. The SMILES string of the molecule is C[C@]1(CCc2ccccc2)NC(=O)N(Cc2csc(-c3ccsc3)n2)C1=O. The number of imide groups is 1. The van der Waals surface area contributed by atoms with E-state index in [0.717, 1.165) is 28.2 Å². The zero-order valence-electron chi connectivity index (χ0n) is 14.8. The Labute approximate surface area is 165 Å². The second kappa shape index (κ2) is 7.25. The maximum Gasteiger partial charge on any atom is 0.325 e. The molecule has 1 fully saturated rings. The zero-order valence-corrected chi connectivity index (χ0v) is 16.5. The van der Waals surface area contributed by atoms with Crippen LogP contribution in [-0.4, -0.2) is 27.4 Å². The maximum absolute atomic E-state index is 12.9. The summed E-state index contributed by atoms with van der Waals surface area (Å²) in [5.41, 5.74) is 2.08. The molecule has 1 aromatic carbocycles. The van der Waals surface area contributed by atoms with Crippen LogP contribution in [0.25, 0.3) is 10.6 Å². The Morgan fingerprint density at radius 3 is 2.70 bits per heavy atom. The van der Waals surface area contributed by atoms with Crippen LogP contribution in [0.5, 0.6) is 0 Å². The van der Waals surface area contributed by atoms with E-state index in [-0.39, 0.29) is 18.5 Å². The van der Waals surface area contributed by atoms with Gasteiger partial charge in [-0.05, 0) is 36.8 Å². The Balaban J connectivity index is 1.45. The summed E-state index contributed by atoms with van der Waals surface area (Å²) in [6.07, 6.45) is 1.30. The molecule has 0 radical (unpaired) electrons. The van der Waals surface area contributed by atoms with Crippen molar-refractivity contribution in [2.75, 3.05) is 0 Å². The molecule has 7 heteroatoms. The lowest BCUT2D eigenvalue weighted by atomic mass is 9.93. The van der Waals surface area contributed by atoms with Gasteiger partial charge >= 0.3 is 6.03 Å². The molecule has 1 aliphatic rings. The molecule has 1 N–H and O–H groups in total. The van der Waals surface area contributed by atoms with Crippen molar-refractivity contribution in [2.24, 2.45) is 0 Å². The number of amides is 3. The fraction of sp³-hybridized carbons (Fsp3) is 0.250. The molecule has 27 heavy (non-hydrogen) atoms. The van der Waals surface area contributed by atoms with Crippen molar-refractivity contribution in [1.29, 1.82) is 0 Å². The van der Waals surface area contributed by atoms with Crippen molar-refractivity contribution in [1.82, 2.24) is 15.2 Å². The molecule has 3 aromatic rings. The van der Waals surface area contributed by atoms with E-state index in [1.54, 1.807) is 18.3 Å². The molecule has 0 unspecified atom stereocenters. The lowest BCUT2D eigenvalue weighted by Crippen LogP contribution is -2.44. The highest BCUT2D eigenvalue weighted by Gasteiger charge is 2.47. The van der Waals surface area contributed by atoms with Gasteiger partial charge < -0.3 is 5.32 Å². The monoisotopic (exact) mass is 397 g/mol. The fourth-order valence-corrected chi connectivity index (χ4v) is 4.68. The standard InChI is InChI=1S/C20H19N3O2S2/c1-20(9-7-14-5-3-2-4-6-14)18(24)23(19(25)22-20)11-16-13-27-17(21-16)15-8-10-26-12-15/h2-6,8,10,12-13H,7,9,11H2,1H3,(H,22,25)/t20-/m1/s1. The number of urea groups is 1. The molecule has 4 rings (SSSR count). The minimum absolute atomic E-state index is 0.187. The fourth-order valence-electron chi connectivity index (χ4n) is 3.16. The largest absolute Gasteiger partial charge is 0.325 e. The molecule has 3 heterocycles. The van der Waals surface area contributed by atoms with Gasteiger partial charge in [0.2, 0.25) is 0 Å². The molecular weight excluding hydrogens is 378 g/mol. The highest BCUT2D eigenvalue weighted by Crippen LogP contribution is 2.28. The lowest BCUT2D eigenvalue weighted by molar-refractivity contribution is -0.131. The van der Waals surface area contributed by atoms with Crippen LogP contribution in [0.4, 0.5) is 4.79 Å². The first-order valence-electron chi connectivity index (χ1n) is 8.70. The molecule has 2 aromatic heterocycles. The van der Waals surface area contributed by atoms with Crippen molar-refractivity contribution in [3.63, 3.8) is 0 Å². The predicted octanol–water partition coefficient (Wildman–Crippen LogP) is 4.31. The van der Waals surface area contributed by atoms with Gasteiger partial charge in [-0.1, -0.05) is 30.3 Å². The van der Waals surface area contributed by atoms with Crippen molar-refractivity contribution < 1.29 is 9.59 Å². The molecule has 1 aliphatic heterocycles. The number of aromatic nitrogens is 1. The van der Waals surface area contributed by atoms with Crippen LogP contribution >= 0.6 is 22.7 Å². The quantitative estimate of drug-likeness (QED) is 0.630. The maximum atomic E-state index is 12.9. The first-order chi connectivity index (χ1) is 13.0. The number of nitrogens with one attached hydrogen (secondary N) is 1. The topological polar surface area (TPSA) is 62.3 Å². The molecule has 1 atom stereocenters. The molecule has 0 aliphatic carbocycles. The van der Waals surface area contributed by atoms with Crippen LogP contribution in [0.15, 0.2) is 52.5 Å². The first kappa shape index (κ1) is 17.9. The van der Waals surface area contributed by atoms with E-state index in [2.05, 4.69) is 10.3 Å². The summed E-state index contributed by atoms with van der Waals surface area (Å²) >= 11 is 3.15. The second-order valence-corrected chi connectivity index (χ2v) is 8.43. The second-order valence-electron chi connectivity index (χ2n) is 6.80. The Morgan fingerprint density at radius 1 is 1.15 bits per heavy atom. The third-order valence-corrected chi connectivity index (χ3v) is 6.37. The number of benzene rings is 1. The number of hydrogen-bond acceptors (Lipinski definition) is 5. The molecular formula is C20H19N3O2S2. The highest BCUT2D eigenvalue weighted by atomic mass is 32.1. The van der Waals surface area contributed by atoms with E-state index in [9.17, 15) is 9.59 Å². The number of hydrogen-bond donors (Lipinski definition) is 1. The van der Waals surface area contributed by atoms with Crippen molar-refractivity contribution in [2.45, 2.75) is 31.8 Å². The average Bonchev–Trinajstić information content (AvgIpc) is 3.39. The average molecular weight is 398 g/mol. The summed E-state index contributed by atoms with van der Waals surface area (Å²) in [6.45, 7) is 2.00. The van der Waals surface area contributed by atoms with Gasteiger partial charge in [0.1, 0.15) is 10.5 Å². The number of rotatable bonds is 6. The molecule has 138 valence electrons. The summed E-state index contributed by atoms with van der Waals surface area (Å²) in [5, 5.41) is 9.73. The molecule has 1 saturated heterocycles. The van der Waals surface area contributed by atoms with Crippen LogP contribution in [0, 0.1) is 0 Å². The van der Waals surface area contributed by atoms with E-state index in [0.29, 0.717) is 6.42 Å². The molecule has 3 amide bonds. The van der Waals surface area contributed by atoms with Gasteiger partial charge in [0.15, 0.2) is 0 Å². The Kier molecular flexibility index (Phi) is 4.80. The number of carbonyl (C=O) groups excluding carboxylic acids is 2. The van der Waals surface area contributed by atoms with Gasteiger partial charge in [0, 0.05) is 16.3 Å². The summed E-state index contributed by atoms with van der Waals surface area (Å²) in [6, 6.07) is 11.7. The third-order valence-electron chi connectivity index (χ3n) is 4.74. The van der Waals surface area contributed by atoms with Gasteiger partial charge in [-0.15, -0.1) is 11.3 Å². The zero-order chi connectivity index (χ0) is 18.9. The minimum atomic E-state index is -0.876. The van der Waals surface area contributed by atoms with Crippen molar-refractivity contribution in [3.05, 3.63) is 63.8 Å². The van der Waals surface area contributed by atoms with E-state index in [4.69, 9.17) is 0 Å². The van der Waals surface area contributed by atoms with E-state index in [1.165, 1.54) is 16.2 Å². The minimum Gasteiger partial charge on any atom is -0.323 e. The number of aryl methyl sites for hydroxylation is 1. The van der Waals surface area contributed by atoms with Crippen LogP contribution in [0.3, 0.4) is 0 Å². The van der Waals surface area contributed by atoms with Crippen LogP contribution in [0.1, 0.15) is 24.6 Å². The number of thiophene rings is 1. The van der Waals surface area contributed by atoms with E-state index >= 15 is 0 Å². The van der Waals surface area contributed by atoms with Crippen LogP contribution < -0.4 is 5.32 Å². The molecule has 0 spiro atoms. The predicted molar refractivity (Wildman–Crippen MR) is 108 cm³/mol. The van der Waals surface area contributed by atoms with Crippen LogP contribution in [0.2, 0.25) is 0 Å². The number of nitrogens with zero attached hydrogens (tertiary/aromatic N) is 2. The summed E-state index contributed by atoms with van der Waals surface area (Å²) in [5.74, 6) is -0.187. The Bertz CT molecular complexity index is 953. The number of carbonyl (C=O) groups is 2. The first-order valence-corrected chi connectivity index (χ1v) is 10.5. The number of thiazole rings is 1. The molecule has 0 bridgehead atoms. The van der Waals surface area contributed by atoms with E-state index in [1.807, 2.05) is 52.5 Å².